The van der Waals surface area contributed by atoms with Gasteiger partial charge in [-0.2, -0.15) is 5.10 Å². The van der Waals surface area contributed by atoms with Crippen molar-refractivity contribution in [3.05, 3.63) is 84.6 Å². The van der Waals surface area contributed by atoms with Gasteiger partial charge in [0.15, 0.2) is 5.82 Å². The lowest BCUT2D eigenvalue weighted by Crippen LogP contribution is -2.01. The minimum atomic E-state index is -0.693. The number of rotatable bonds is 3. The third-order valence-corrected chi connectivity index (χ3v) is 4.90. The molecule has 0 radical (unpaired) electrons. The van der Waals surface area contributed by atoms with E-state index in [1.165, 1.54) is 16.8 Å². The third-order valence-electron chi connectivity index (χ3n) is 4.90. The lowest BCUT2D eigenvalue weighted by Gasteiger charge is -2.09. The highest BCUT2D eigenvalue weighted by molar-refractivity contribution is 6.10. The van der Waals surface area contributed by atoms with Gasteiger partial charge in [-0.05, 0) is 18.2 Å². The summed E-state index contributed by atoms with van der Waals surface area (Å²) >= 11 is 0. The van der Waals surface area contributed by atoms with Crippen LogP contribution in [0, 0.1) is 11.6 Å². The van der Waals surface area contributed by atoms with Crippen molar-refractivity contribution in [1.29, 1.82) is 0 Å². The predicted octanol–water partition coefficient (Wildman–Crippen LogP) is 5.53. The zero-order chi connectivity index (χ0) is 20.0. The average molecular weight is 387 g/mol. The molecule has 142 valence electrons. The summed E-state index contributed by atoms with van der Waals surface area (Å²) in [6.07, 6.45) is 1.72. The normalized spacial score (nSPS) is 11.3. The zero-order valence-corrected chi connectivity index (χ0v) is 15.4. The van der Waals surface area contributed by atoms with Crippen LogP contribution >= 0.6 is 0 Å². The molecule has 2 heterocycles. The minimum Gasteiger partial charge on any atom is -0.494 e. The molecule has 0 amide bonds. The van der Waals surface area contributed by atoms with Crippen LogP contribution in [0.15, 0.2) is 72.9 Å². The first-order chi connectivity index (χ1) is 14.2. The highest BCUT2D eigenvalue weighted by atomic mass is 19.1. The second-order valence-electron chi connectivity index (χ2n) is 6.60. The Bertz CT molecular complexity index is 1360. The van der Waals surface area contributed by atoms with Crippen molar-refractivity contribution < 1.29 is 13.5 Å². The summed E-state index contributed by atoms with van der Waals surface area (Å²) < 4.78 is 35.1. The van der Waals surface area contributed by atoms with Gasteiger partial charge in [0, 0.05) is 28.6 Å². The maximum atomic E-state index is 14.7. The van der Waals surface area contributed by atoms with Crippen LogP contribution in [-0.4, -0.2) is 21.9 Å². The molecular formula is C23H15F2N3O. The van der Waals surface area contributed by atoms with Gasteiger partial charge in [-0.25, -0.2) is 13.5 Å². The van der Waals surface area contributed by atoms with Crippen LogP contribution in [-0.2, 0) is 0 Å². The number of aromatic nitrogens is 3. The fourth-order valence-corrected chi connectivity index (χ4v) is 3.59. The summed E-state index contributed by atoms with van der Waals surface area (Å²) in [7, 11) is 1.58. The predicted molar refractivity (Wildman–Crippen MR) is 108 cm³/mol. The van der Waals surface area contributed by atoms with Gasteiger partial charge in [0.2, 0.25) is 0 Å². The van der Waals surface area contributed by atoms with Crippen LogP contribution in [0.2, 0.25) is 0 Å². The van der Waals surface area contributed by atoms with E-state index in [1.807, 2.05) is 48.5 Å². The van der Waals surface area contributed by atoms with Gasteiger partial charge in [0.25, 0.3) is 0 Å². The standard InChI is InChI=1S/C23H15F2N3O/c1-29-20-9-5-8-16-22(20)26-13-17-21(14-6-3-2-4-7-14)27-28(23(16)17)19-11-10-15(24)12-18(19)25/h2-13H,1H3. The van der Waals surface area contributed by atoms with E-state index >= 15 is 0 Å². The molecule has 29 heavy (non-hydrogen) atoms. The summed E-state index contributed by atoms with van der Waals surface area (Å²) in [5, 5.41) is 6.23. The molecular weight excluding hydrogens is 372 g/mol. The van der Waals surface area contributed by atoms with E-state index in [4.69, 9.17) is 9.84 Å². The van der Waals surface area contributed by atoms with Crippen LogP contribution in [0.1, 0.15) is 0 Å². The number of pyridine rings is 1. The average Bonchev–Trinajstić information content (AvgIpc) is 3.14. The quantitative estimate of drug-likeness (QED) is 0.409. The number of methoxy groups -OCH3 is 1. The minimum absolute atomic E-state index is 0.161. The van der Waals surface area contributed by atoms with Crippen LogP contribution in [0.5, 0.6) is 5.75 Å². The van der Waals surface area contributed by atoms with Crippen molar-refractivity contribution in [1.82, 2.24) is 14.8 Å². The molecule has 0 aliphatic rings. The van der Waals surface area contributed by atoms with Gasteiger partial charge >= 0.3 is 0 Å². The molecule has 0 aliphatic carbocycles. The fourth-order valence-electron chi connectivity index (χ4n) is 3.59. The lowest BCUT2D eigenvalue weighted by atomic mass is 10.1. The largest absolute Gasteiger partial charge is 0.494 e. The molecule has 0 bridgehead atoms. The van der Waals surface area contributed by atoms with E-state index in [-0.39, 0.29) is 5.69 Å². The Hall–Kier alpha value is -3.80. The first-order valence-electron chi connectivity index (χ1n) is 9.02. The van der Waals surface area contributed by atoms with Crippen molar-refractivity contribution in [2.45, 2.75) is 0 Å². The molecule has 6 heteroatoms. The Morgan fingerprint density at radius 1 is 0.897 bits per heavy atom. The molecule has 0 saturated carbocycles. The van der Waals surface area contributed by atoms with Crippen LogP contribution in [0.3, 0.4) is 0 Å². The molecule has 0 saturated heterocycles. The molecule has 4 nitrogen and oxygen atoms in total. The summed E-state index contributed by atoms with van der Waals surface area (Å²) in [6, 6.07) is 18.6. The summed E-state index contributed by atoms with van der Waals surface area (Å²) in [4.78, 5) is 4.58. The van der Waals surface area contributed by atoms with Crippen LogP contribution < -0.4 is 4.74 Å². The SMILES string of the molecule is COc1cccc2c1ncc1c(-c3ccccc3)nn(-c3ccc(F)cc3F)c12. The summed E-state index contributed by atoms with van der Waals surface area (Å²) in [6.45, 7) is 0. The Morgan fingerprint density at radius 3 is 2.48 bits per heavy atom. The number of hydrogen-bond acceptors (Lipinski definition) is 3. The number of ether oxygens (including phenoxy) is 1. The Kier molecular flexibility index (Phi) is 3.98. The molecule has 0 spiro atoms. The van der Waals surface area contributed by atoms with E-state index < -0.39 is 11.6 Å². The van der Waals surface area contributed by atoms with Crippen molar-refractivity contribution in [3.63, 3.8) is 0 Å². The molecule has 0 atom stereocenters. The molecule has 0 aliphatic heterocycles. The molecule has 0 unspecified atom stereocenters. The number of hydrogen-bond donors (Lipinski definition) is 0. The number of nitrogens with zero attached hydrogens (tertiary/aromatic N) is 3. The maximum Gasteiger partial charge on any atom is 0.151 e. The smallest absolute Gasteiger partial charge is 0.151 e. The van der Waals surface area contributed by atoms with Crippen molar-refractivity contribution >= 4 is 21.8 Å². The van der Waals surface area contributed by atoms with Gasteiger partial charge < -0.3 is 4.74 Å². The van der Waals surface area contributed by atoms with E-state index in [1.54, 1.807) is 13.3 Å². The van der Waals surface area contributed by atoms with E-state index in [0.29, 0.717) is 22.5 Å². The number of halogens is 2. The number of benzene rings is 3. The molecule has 0 N–H and O–H groups in total. The van der Waals surface area contributed by atoms with E-state index in [9.17, 15) is 8.78 Å². The molecule has 0 fully saturated rings. The Labute approximate surface area is 165 Å². The van der Waals surface area contributed by atoms with Gasteiger partial charge in [-0.3, -0.25) is 4.98 Å². The zero-order valence-electron chi connectivity index (χ0n) is 15.4. The Morgan fingerprint density at radius 2 is 1.72 bits per heavy atom. The monoisotopic (exact) mass is 387 g/mol. The van der Waals surface area contributed by atoms with Crippen molar-refractivity contribution in [3.8, 4) is 22.7 Å². The van der Waals surface area contributed by atoms with E-state index in [0.717, 1.165) is 22.4 Å². The molecule has 5 rings (SSSR count). The van der Waals surface area contributed by atoms with Gasteiger partial charge in [0.1, 0.15) is 28.5 Å². The highest BCUT2D eigenvalue weighted by Crippen LogP contribution is 2.36. The first kappa shape index (κ1) is 17.3. The van der Waals surface area contributed by atoms with Crippen LogP contribution in [0.4, 0.5) is 8.78 Å². The third kappa shape index (κ3) is 2.72. The van der Waals surface area contributed by atoms with Gasteiger partial charge in [-0.1, -0.05) is 42.5 Å². The second-order valence-corrected chi connectivity index (χ2v) is 6.60. The van der Waals surface area contributed by atoms with Crippen molar-refractivity contribution in [2.75, 3.05) is 7.11 Å². The summed E-state index contributed by atoms with van der Waals surface area (Å²) in [5.74, 6) is -0.723. The lowest BCUT2D eigenvalue weighted by molar-refractivity contribution is 0.419. The highest BCUT2D eigenvalue weighted by Gasteiger charge is 2.20. The van der Waals surface area contributed by atoms with Gasteiger partial charge in [-0.15, -0.1) is 0 Å². The van der Waals surface area contributed by atoms with Crippen molar-refractivity contribution in [2.24, 2.45) is 0 Å². The van der Waals surface area contributed by atoms with E-state index in [2.05, 4.69) is 4.98 Å². The number of para-hydroxylation sites is 1. The second kappa shape index (κ2) is 6.67. The maximum absolute atomic E-state index is 14.7. The summed E-state index contributed by atoms with van der Waals surface area (Å²) in [5.41, 5.74) is 3.03. The molecule has 5 aromatic rings. The fraction of sp³-hybridized carbons (Fsp3) is 0.0435. The Balaban J connectivity index is 1.94. The first-order valence-corrected chi connectivity index (χ1v) is 9.02. The number of fused-ring (bicyclic) bond motifs is 3. The van der Waals surface area contributed by atoms with Gasteiger partial charge in [0.05, 0.1) is 12.6 Å². The molecule has 3 aromatic carbocycles. The molecule has 2 aromatic heterocycles. The van der Waals surface area contributed by atoms with Crippen LogP contribution in [0.25, 0.3) is 38.8 Å². The topological polar surface area (TPSA) is 39.9 Å².